The molecule has 3 rings (SSSR count). The molecule has 7 heteroatoms. The molecule has 0 bridgehead atoms. The Morgan fingerprint density at radius 1 is 1.28 bits per heavy atom. The zero-order valence-corrected chi connectivity index (χ0v) is 18.9. The molecule has 1 fully saturated rings. The lowest BCUT2D eigenvalue weighted by Gasteiger charge is -2.21. The molecule has 1 N–H and O–H groups in total. The topological polar surface area (TPSA) is 82.1 Å². The quantitative estimate of drug-likeness (QED) is 0.365. The summed E-state index contributed by atoms with van der Waals surface area (Å²) in [5.41, 5.74) is 3.25. The highest BCUT2D eigenvalue weighted by Gasteiger charge is 2.34. The molecule has 29 heavy (non-hydrogen) atoms. The lowest BCUT2D eigenvalue weighted by molar-refractivity contribution is -0.133. The molecule has 1 aromatic rings. The van der Waals surface area contributed by atoms with Gasteiger partial charge in [0, 0.05) is 24.8 Å². The Kier molecular flexibility index (Phi) is 6.07. The standard InChI is InChI=1S/C22H30O6Si/c1-13-17-12-28-22(25)18(17)20(27-10-11-29(3,4)5)16(19(13)26-2)9-8-15(21(23)24)14-6-7-14/h8,14H,6-7,9-12H2,1-5H3,(H,23,24)/b15-8+. The molecular formula is C22H30O6Si. The first-order valence-corrected chi connectivity index (χ1v) is 13.8. The van der Waals surface area contributed by atoms with Crippen molar-refractivity contribution in [2.24, 2.45) is 5.92 Å². The maximum absolute atomic E-state index is 12.5. The van der Waals surface area contributed by atoms with Crippen LogP contribution in [0, 0.1) is 12.8 Å². The molecule has 0 saturated heterocycles. The van der Waals surface area contributed by atoms with Crippen molar-refractivity contribution in [3.63, 3.8) is 0 Å². The number of benzene rings is 1. The van der Waals surface area contributed by atoms with Crippen LogP contribution < -0.4 is 9.47 Å². The SMILES string of the molecule is COc1c(C)c2c(c(OCC[Si](C)(C)C)c1C/C=C(/C(=O)O)C1CC1)C(=O)OC2. The van der Waals surface area contributed by atoms with Crippen molar-refractivity contribution in [1.82, 2.24) is 0 Å². The second-order valence-electron chi connectivity index (χ2n) is 9.00. The van der Waals surface area contributed by atoms with Gasteiger partial charge in [-0.25, -0.2) is 9.59 Å². The van der Waals surface area contributed by atoms with E-state index in [1.54, 1.807) is 13.2 Å². The van der Waals surface area contributed by atoms with Crippen LogP contribution in [0.2, 0.25) is 25.7 Å². The van der Waals surface area contributed by atoms with Crippen LogP contribution in [0.3, 0.4) is 0 Å². The van der Waals surface area contributed by atoms with Crippen LogP contribution in [-0.2, 0) is 22.6 Å². The van der Waals surface area contributed by atoms with Gasteiger partial charge in [-0.1, -0.05) is 25.7 Å². The van der Waals surface area contributed by atoms with Crippen molar-refractivity contribution in [3.8, 4) is 11.5 Å². The van der Waals surface area contributed by atoms with Crippen LogP contribution >= 0.6 is 0 Å². The maximum Gasteiger partial charge on any atom is 0.342 e. The second-order valence-corrected chi connectivity index (χ2v) is 14.6. The summed E-state index contributed by atoms with van der Waals surface area (Å²) in [5.74, 6) is -0.0262. The fourth-order valence-corrected chi connectivity index (χ4v) is 4.38. The molecule has 0 spiro atoms. The van der Waals surface area contributed by atoms with Gasteiger partial charge in [-0.15, -0.1) is 0 Å². The minimum atomic E-state index is -1.32. The number of esters is 1. The Balaban J connectivity index is 2.05. The Hall–Kier alpha value is -2.28. The van der Waals surface area contributed by atoms with E-state index in [0.717, 1.165) is 35.6 Å². The first-order valence-electron chi connectivity index (χ1n) is 10.1. The summed E-state index contributed by atoms with van der Waals surface area (Å²) in [7, 11) is 0.264. The number of carboxylic acids is 1. The molecule has 2 aliphatic rings. The third-order valence-electron chi connectivity index (χ3n) is 5.51. The van der Waals surface area contributed by atoms with E-state index in [-0.39, 0.29) is 18.5 Å². The van der Waals surface area contributed by atoms with E-state index >= 15 is 0 Å². The van der Waals surface area contributed by atoms with Crippen LogP contribution in [0.15, 0.2) is 11.6 Å². The largest absolute Gasteiger partial charge is 0.496 e. The van der Waals surface area contributed by atoms with E-state index in [2.05, 4.69) is 19.6 Å². The third kappa shape index (κ3) is 4.66. The summed E-state index contributed by atoms with van der Waals surface area (Å²) >= 11 is 0. The fraction of sp³-hybridized carbons (Fsp3) is 0.545. The number of hydrogen-bond donors (Lipinski definition) is 1. The molecule has 0 aromatic heterocycles. The molecule has 0 unspecified atom stereocenters. The van der Waals surface area contributed by atoms with Crippen LogP contribution in [0.25, 0.3) is 0 Å². The molecule has 1 saturated carbocycles. The average molecular weight is 419 g/mol. The van der Waals surface area contributed by atoms with E-state index in [1.165, 1.54) is 0 Å². The monoisotopic (exact) mass is 418 g/mol. The van der Waals surface area contributed by atoms with Gasteiger partial charge < -0.3 is 19.3 Å². The van der Waals surface area contributed by atoms with Crippen molar-refractivity contribution in [3.05, 3.63) is 33.9 Å². The van der Waals surface area contributed by atoms with Gasteiger partial charge >= 0.3 is 11.9 Å². The first kappa shape index (κ1) is 21.4. The third-order valence-corrected chi connectivity index (χ3v) is 7.22. The number of carbonyl (C=O) groups is 2. The number of methoxy groups -OCH3 is 1. The minimum absolute atomic E-state index is 0.121. The summed E-state index contributed by atoms with van der Waals surface area (Å²) in [6.45, 7) is 9.42. The Morgan fingerprint density at radius 3 is 2.52 bits per heavy atom. The highest BCUT2D eigenvalue weighted by molar-refractivity contribution is 6.76. The van der Waals surface area contributed by atoms with E-state index in [0.29, 0.717) is 35.7 Å². The predicted molar refractivity (Wildman–Crippen MR) is 113 cm³/mol. The van der Waals surface area contributed by atoms with Crippen LogP contribution in [-0.4, -0.2) is 38.8 Å². The number of rotatable bonds is 9. The van der Waals surface area contributed by atoms with Crippen molar-refractivity contribution in [2.45, 2.75) is 58.5 Å². The molecular weight excluding hydrogens is 388 g/mol. The molecule has 1 heterocycles. The van der Waals surface area contributed by atoms with Gasteiger partial charge in [0.25, 0.3) is 0 Å². The van der Waals surface area contributed by atoms with Crippen LogP contribution in [0.5, 0.6) is 11.5 Å². The summed E-state index contributed by atoms with van der Waals surface area (Å²) in [4.78, 5) is 24.1. The van der Waals surface area contributed by atoms with Crippen molar-refractivity contribution < 1.29 is 28.9 Å². The number of carboxylic acid groups (broad SMARTS) is 1. The zero-order valence-electron chi connectivity index (χ0n) is 17.9. The van der Waals surface area contributed by atoms with Gasteiger partial charge in [0.05, 0.1) is 13.7 Å². The second kappa shape index (κ2) is 8.22. The van der Waals surface area contributed by atoms with Gasteiger partial charge in [0.2, 0.25) is 0 Å². The summed E-state index contributed by atoms with van der Waals surface area (Å²) < 4.78 is 17.1. The molecule has 0 amide bonds. The number of ether oxygens (including phenoxy) is 3. The number of allylic oxidation sites excluding steroid dienone is 1. The van der Waals surface area contributed by atoms with Gasteiger partial charge in [0.1, 0.15) is 23.7 Å². The zero-order chi connectivity index (χ0) is 21.3. The van der Waals surface area contributed by atoms with E-state index in [4.69, 9.17) is 14.2 Å². The number of carbonyl (C=O) groups excluding carboxylic acids is 1. The number of hydrogen-bond acceptors (Lipinski definition) is 5. The lowest BCUT2D eigenvalue weighted by Crippen LogP contribution is -2.23. The molecule has 0 radical (unpaired) electrons. The fourth-order valence-electron chi connectivity index (χ4n) is 3.66. The number of cyclic esters (lactones) is 1. The summed E-state index contributed by atoms with van der Waals surface area (Å²) in [6.07, 6.45) is 3.90. The maximum atomic E-state index is 12.5. The van der Waals surface area contributed by atoms with Crippen molar-refractivity contribution in [2.75, 3.05) is 13.7 Å². The average Bonchev–Trinajstić information content (AvgIpc) is 3.38. The van der Waals surface area contributed by atoms with E-state index in [1.807, 2.05) is 6.92 Å². The molecule has 1 aliphatic heterocycles. The summed E-state index contributed by atoms with van der Waals surface area (Å²) in [5, 5.41) is 9.54. The first-order chi connectivity index (χ1) is 13.6. The normalized spacial score (nSPS) is 16.4. The molecule has 1 aliphatic carbocycles. The lowest BCUT2D eigenvalue weighted by atomic mass is 9.94. The Morgan fingerprint density at radius 2 is 1.97 bits per heavy atom. The number of aliphatic carboxylic acids is 1. The van der Waals surface area contributed by atoms with Gasteiger partial charge in [-0.05, 0) is 43.7 Å². The highest BCUT2D eigenvalue weighted by atomic mass is 28.3. The van der Waals surface area contributed by atoms with Crippen molar-refractivity contribution >= 4 is 20.0 Å². The van der Waals surface area contributed by atoms with E-state index in [9.17, 15) is 14.7 Å². The number of fused-ring (bicyclic) bond motifs is 1. The molecule has 158 valence electrons. The van der Waals surface area contributed by atoms with Gasteiger partial charge in [0.15, 0.2) is 0 Å². The highest BCUT2D eigenvalue weighted by Crippen LogP contribution is 2.44. The Labute approximate surface area is 172 Å². The molecule has 0 atom stereocenters. The molecule has 1 aromatic carbocycles. The molecule has 6 nitrogen and oxygen atoms in total. The van der Waals surface area contributed by atoms with Gasteiger partial charge in [-0.3, -0.25) is 0 Å². The van der Waals surface area contributed by atoms with Crippen LogP contribution in [0.4, 0.5) is 0 Å². The van der Waals surface area contributed by atoms with Gasteiger partial charge in [-0.2, -0.15) is 0 Å². The predicted octanol–water partition coefficient (Wildman–Crippen LogP) is 4.35. The Bertz CT molecular complexity index is 861. The van der Waals surface area contributed by atoms with Crippen LogP contribution in [0.1, 0.15) is 39.9 Å². The van der Waals surface area contributed by atoms with Crippen molar-refractivity contribution in [1.29, 1.82) is 0 Å². The summed E-state index contributed by atoms with van der Waals surface area (Å²) in [6, 6.07) is 0.949. The smallest absolute Gasteiger partial charge is 0.342 e. The van der Waals surface area contributed by atoms with E-state index < -0.39 is 14.0 Å². The minimum Gasteiger partial charge on any atom is -0.496 e.